The van der Waals surface area contributed by atoms with Crippen molar-refractivity contribution in [1.82, 2.24) is 0 Å². The molecule has 0 amide bonds. The molecule has 0 aliphatic heterocycles. The summed E-state index contributed by atoms with van der Waals surface area (Å²) >= 11 is 4.70. The Hall–Kier alpha value is -1.47. The summed E-state index contributed by atoms with van der Waals surface area (Å²) in [5.74, 6) is 1.36. The van der Waals surface area contributed by atoms with Gasteiger partial charge in [-0.05, 0) is 65.9 Å². The van der Waals surface area contributed by atoms with Crippen LogP contribution in [0.25, 0.3) is 6.08 Å². The zero-order chi connectivity index (χ0) is 17.9. The fourth-order valence-electron chi connectivity index (χ4n) is 4.35. The maximum atomic E-state index is 4.70. The Morgan fingerprint density at radius 3 is 2.68 bits per heavy atom. The molecule has 132 valence electrons. The predicted molar refractivity (Wildman–Crippen MR) is 114 cm³/mol. The topological polar surface area (TPSA) is 0 Å². The number of benzene rings is 1. The van der Waals surface area contributed by atoms with E-state index in [2.05, 4.69) is 81.5 Å². The van der Waals surface area contributed by atoms with Crippen LogP contribution in [0.1, 0.15) is 51.2 Å². The minimum atomic E-state index is 0.347. The van der Waals surface area contributed by atoms with Crippen LogP contribution in [0.3, 0.4) is 0 Å². The third-order valence-corrected chi connectivity index (χ3v) is 6.21. The standard InChI is InChI=1S/C24H30S/c1-4-6-14-24(17-18(24)3)23-16-22(25)13-12-21(23)15-20-11-8-7-10-19(20)9-5-2/h5-14,18,23,25H,4,15-17H2,1-3H3/b9-5-,14-6?. The van der Waals surface area contributed by atoms with Crippen molar-refractivity contribution in [2.24, 2.45) is 17.3 Å². The number of hydrogen-bond donors (Lipinski definition) is 1. The second-order valence-electron chi connectivity index (χ2n) is 7.56. The molecule has 0 aromatic heterocycles. The molecule has 0 N–H and O–H groups in total. The fraction of sp³-hybridized carbons (Fsp3) is 0.417. The van der Waals surface area contributed by atoms with Gasteiger partial charge in [0, 0.05) is 0 Å². The lowest BCUT2D eigenvalue weighted by atomic mass is 9.74. The van der Waals surface area contributed by atoms with Crippen molar-refractivity contribution in [2.75, 3.05) is 0 Å². The van der Waals surface area contributed by atoms with Crippen LogP contribution in [0.4, 0.5) is 0 Å². The average molecular weight is 351 g/mol. The van der Waals surface area contributed by atoms with E-state index in [-0.39, 0.29) is 0 Å². The van der Waals surface area contributed by atoms with Crippen molar-refractivity contribution in [3.8, 4) is 0 Å². The van der Waals surface area contributed by atoms with E-state index in [4.69, 9.17) is 12.6 Å². The van der Waals surface area contributed by atoms with Gasteiger partial charge < -0.3 is 0 Å². The third-order valence-electron chi connectivity index (χ3n) is 5.88. The Morgan fingerprint density at radius 2 is 2.00 bits per heavy atom. The maximum Gasteiger partial charge on any atom is -0.00205 e. The van der Waals surface area contributed by atoms with Crippen LogP contribution in [0.5, 0.6) is 0 Å². The lowest BCUT2D eigenvalue weighted by molar-refractivity contribution is 0.396. The summed E-state index contributed by atoms with van der Waals surface area (Å²) in [5.41, 5.74) is 4.68. The highest BCUT2D eigenvalue weighted by Gasteiger charge is 2.55. The van der Waals surface area contributed by atoms with E-state index in [0.29, 0.717) is 11.3 Å². The molecule has 1 saturated carbocycles. The normalized spacial score (nSPS) is 29.1. The van der Waals surface area contributed by atoms with E-state index in [9.17, 15) is 0 Å². The summed E-state index contributed by atoms with van der Waals surface area (Å²) < 4.78 is 0. The average Bonchev–Trinajstić information content (AvgIpc) is 3.27. The van der Waals surface area contributed by atoms with Crippen molar-refractivity contribution in [3.05, 3.63) is 76.3 Å². The summed E-state index contributed by atoms with van der Waals surface area (Å²) in [6, 6.07) is 8.79. The molecule has 1 heteroatoms. The quantitative estimate of drug-likeness (QED) is 0.414. The van der Waals surface area contributed by atoms with Crippen LogP contribution in [-0.2, 0) is 6.42 Å². The molecule has 0 saturated heterocycles. The highest BCUT2D eigenvalue weighted by Crippen LogP contribution is 2.63. The first kappa shape index (κ1) is 18.3. The van der Waals surface area contributed by atoms with Crippen molar-refractivity contribution < 1.29 is 0 Å². The zero-order valence-electron chi connectivity index (χ0n) is 15.7. The molecule has 1 aromatic rings. The van der Waals surface area contributed by atoms with E-state index < -0.39 is 0 Å². The molecule has 0 bridgehead atoms. The number of allylic oxidation sites excluding steroid dienone is 7. The SMILES string of the molecule is C/C=C\c1ccccc1CC1=CC=C(S)CC1C1(C=CCC)CC1C. The van der Waals surface area contributed by atoms with Crippen LogP contribution in [0.15, 0.2) is 65.1 Å². The van der Waals surface area contributed by atoms with E-state index in [1.807, 2.05) is 0 Å². The lowest BCUT2D eigenvalue weighted by Gasteiger charge is -2.31. The van der Waals surface area contributed by atoms with Gasteiger partial charge in [0.15, 0.2) is 0 Å². The molecule has 0 radical (unpaired) electrons. The molecular formula is C24H30S. The Bertz CT molecular complexity index is 734. The first-order chi connectivity index (χ1) is 12.1. The zero-order valence-corrected chi connectivity index (χ0v) is 16.6. The number of thiol groups is 1. The molecule has 2 aliphatic rings. The monoisotopic (exact) mass is 350 g/mol. The number of rotatable bonds is 6. The fourth-order valence-corrected chi connectivity index (χ4v) is 4.60. The molecule has 3 atom stereocenters. The minimum Gasteiger partial charge on any atom is -0.148 e. The van der Waals surface area contributed by atoms with E-state index >= 15 is 0 Å². The molecule has 2 aliphatic carbocycles. The highest BCUT2D eigenvalue weighted by atomic mass is 32.1. The van der Waals surface area contributed by atoms with Gasteiger partial charge >= 0.3 is 0 Å². The Morgan fingerprint density at radius 1 is 1.24 bits per heavy atom. The molecule has 0 nitrogen and oxygen atoms in total. The molecule has 0 spiro atoms. The van der Waals surface area contributed by atoms with Gasteiger partial charge in [-0.1, -0.05) is 80.1 Å². The van der Waals surface area contributed by atoms with Crippen LogP contribution in [-0.4, -0.2) is 0 Å². The predicted octanol–water partition coefficient (Wildman–Crippen LogP) is 7.01. The van der Waals surface area contributed by atoms with Crippen LogP contribution in [0.2, 0.25) is 0 Å². The van der Waals surface area contributed by atoms with Gasteiger partial charge in [-0.3, -0.25) is 0 Å². The second kappa shape index (κ2) is 7.83. The second-order valence-corrected chi connectivity index (χ2v) is 8.13. The number of hydrogen-bond acceptors (Lipinski definition) is 1. The summed E-state index contributed by atoms with van der Waals surface area (Å²) in [6.07, 6.45) is 18.3. The minimum absolute atomic E-state index is 0.347. The smallest absolute Gasteiger partial charge is 0.00205 e. The first-order valence-corrected chi connectivity index (χ1v) is 10.0. The van der Waals surface area contributed by atoms with Gasteiger partial charge in [-0.2, -0.15) is 0 Å². The molecular weight excluding hydrogens is 320 g/mol. The van der Waals surface area contributed by atoms with E-state index in [1.54, 1.807) is 5.57 Å². The van der Waals surface area contributed by atoms with E-state index in [1.165, 1.54) is 22.5 Å². The van der Waals surface area contributed by atoms with Gasteiger partial charge in [0.2, 0.25) is 0 Å². The lowest BCUT2D eigenvalue weighted by Crippen LogP contribution is -2.22. The Kier molecular flexibility index (Phi) is 5.74. The summed E-state index contributed by atoms with van der Waals surface area (Å²) in [4.78, 5) is 1.22. The molecule has 25 heavy (non-hydrogen) atoms. The van der Waals surface area contributed by atoms with Gasteiger partial charge in [-0.15, -0.1) is 12.6 Å². The maximum absolute atomic E-state index is 4.70. The van der Waals surface area contributed by atoms with Crippen molar-refractivity contribution >= 4 is 18.7 Å². The Labute approximate surface area is 158 Å². The Balaban J connectivity index is 1.92. The summed E-state index contributed by atoms with van der Waals surface area (Å²) in [5, 5.41) is 0. The molecule has 1 aromatic carbocycles. The molecule has 3 rings (SSSR count). The largest absolute Gasteiger partial charge is 0.148 e. The van der Waals surface area contributed by atoms with Crippen LogP contribution >= 0.6 is 12.6 Å². The molecule has 0 heterocycles. The summed E-state index contributed by atoms with van der Waals surface area (Å²) in [7, 11) is 0. The third kappa shape index (κ3) is 3.87. The van der Waals surface area contributed by atoms with Crippen molar-refractivity contribution in [1.29, 1.82) is 0 Å². The van der Waals surface area contributed by atoms with Gasteiger partial charge in [0.1, 0.15) is 0 Å². The van der Waals surface area contributed by atoms with E-state index in [0.717, 1.165) is 25.2 Å². The molecule has 1 fully saturated rings. The van der Waals surface area contributed by atoms with Crippen molar-refractivity contribution in [3.63, 3.8) is 0 Å². The van der Waals surface area contributed by atoms with Crippen LogP contribution in [0, 0.1) is 17.3 Å². The van der Waals surface area contributed by atoms with Crippen molar-refractivity contribution in [2.45, 2.75) is 46.5 Å². The van der Waals surface area contributed by atoms with Gasteiger partial charge in [-0.25, -0.2) is 0 Å². The first-order valence-electron chi connectivity index (χ1n) is 9.57. The van der Waals surface area contributed by atoms with Gasteiger partial charge in [0.05, 0.1) is 0 Å². The van der Waals surface area contributed by atoms with Gasteiger partial charge in [0.25, 0.3) is 0 Å². The highest BCUT2D eigenvalue weighted by molar-refractivity contribution is 7.84. The molecule has 3 unspecified atom stereocenters. The summed E-state index contributed by atoms with van der Waals surface area (Å²) in [6.45, 7) is 6.72. The van der Waals surface area contributed by atoms with Crippen LogP contribution < -0.4 is 0 Å².